The number of rotatable bonds is 10. The van der Waals surface area contributed by atoms with Gasteiger partial charge in [-0.2, -0.15) is 0 Å². The van der Waals surface area contributed by atoms with Crippen LogP contribution in [0.25, 0.3) is 0 Å². The molecular formula is C39H49N6O+. The minimum Gasteiger partial charge on any atom is -0.475 e. The molecule has 0 bridgehead atoms. The molecule has 4 rings (SSSR count). The van der Waals surface area contributed by atoms with E-state index in [1.165, 1.54) is 22.3 Å². The molecule has 7 heteroatoms. The van der Waals surface area contributed by atoms with Crippen LogP contribution in [-0.4, -0.2) is 48.1 Å². The SMILES string of the molecule is C=CN(C)C(=N/C)/C(CC)=N/c1ccc(C(C)(C)c2ccc(C(C)(C)c3ccc(/N=C(\OC)c4n(C)cc[n+]4C)cc3)cc2)cc1. The predicted molar refractivity (Wildman–Crippen MR) is 192 cm³/mol. The van der Waals surface area contributed by atoms with E-state index in [-0.39, 0.29) is 10.8 Å². The Labute approximate surface area is 275 Å². The summed E-state index contributed by atoms with van der Waals surface area (Å²) in [5.41, 5.74) is 7.30. The average Bonchev–Trinajstić information content (AvgIpc) is 3.40. The van der Waals surface area contributed by atoms with E-state index in [1.54, 1.807) is 20.4 Å². The Bertz CT molecular complexity index is 1720. The van der Waals surface area contributed by atoms with Crippen molar-refractivity contribution >= 4 is 28.8 Å². The number of ether oxygens (including phenoxy) is 1. The second kappa shape index (κ2) is 14.1. The van der Waals surface area contributed by atoms with Crippen LogP contribution in [0.4, 0.5) is 11.4 Å². The average molecular weight is 618 g/mol. The predicted octanol–water partition coefficient (Wildman–Crippen LogP) is 7.81. The van der Waals surface area contributed by atoms with E-state index in [9.17, 15) is 0 Å². The Morgan fingerprint density at radius 3 is 1.63 bits per heavy atom. The lowest BCUT2D eigenvalue weighted by Crippen LogP contribution is -2.35. The third-order valence-electron chi connectivity index (χ3n) is 8.98. The third kappa shape index (κ3) is 7.04. The minimum absolute atomic E-state index is 0.175. The maximum Gasteiger partial charge on any atom is 0.344 e. The largest absolute Gasteiger partial charge is 0.475 e. The van der Waals surface area contributed by atoms with Gasteiger partial charge in [-0.05, 0) is 59.1 Å². The number of benzene rings is 3. The fourth-order valence-corrected chi connectivity index (χ4v) is 5.76. The van der Waals surface area contributed by atoms with Crippen LogP contribution in [0, 0.1) is 0 Å². The molecule has 0 N–H and O–H groups in total. The van der Waals surface area contributed by atoms with Gasteiger partial charge in [-0.15, -0.1) is 0 Å². The van der Waals surface area contributed by atoms with E-state index in [0.717, 1.165) is 35.2 Å². The van der Waals surface area contributed by atoms with Crippen molar-refractivity contribution in [2.24, 2.45) is 29.1 Å². The first-order valence-corrected chi connectivity index (χ1v) is 15.7. The number of aromatic nitrogens is 2. The lowest BCUT2D eigenvalue weighted by molar-refractivity contribution is -0.672. The summed E-state index contributed by atoms with van der Waals surface area (Å²) in [6.07, 6.45) is 6.50. The maximum atomic E-state index is 5.64. The molecule has 0 aliphatic heterocycles. The first-order valence-electron chi connectivity index (χ1n) is 15.7. The van der Waals surface area contributed by atoms with E-state index >= 15 is 0 Å². The molecule has 1 heterocycles. The van der Waals surface area contributed by atoms with Crippen LogP contribution in [0.5, 0.6) is 0 Å². The number of nitrogens with zero attached hydrogens (tertiary/aromatic N) is 6. The molecule has 3 aromatic carbocycles. The molecule has 0 amide bonds. The molecule has 0 aliphatic carbocycles. The lowest BCUT2D eigenvalue weighted by atomic mass is 9.74. The number of hydrogen-bond acceptors (Lipinski definition) is 4. The molecule has 0 radical (unpaired) electrons. The van der Waals surface area contributed by atoms with Gasteiger partial charge in [0.2, 0.25) is 0 Å². The second-order valence-electron chi connectivity index (χ2n) is 12.6. The van der Waals surface area contributed by atoms with E-state index in [1.807, 2.05) is 47.6 Å². The van der Waals surface area contributed by atoms with Crippen LogP contribution in [0.2, 0.25) is 0 Å². The van der Waals surface area contributed by atoms with E-state index in [2.05, 4.69) is 119 Å². The fraction of sp³-hybridized carbons (Fsp3) is 0.333. The van der Waals surface area contributed by atoms with Crippen LogP contribution in [0.1, 0.15) is 69.1 Å². The summed E-state index contributed by atoms with van der Waals surface area (Å²) in [4.78, 5) is 16.0. The van der Waals surface area contributed by atoms with Crippen molar-refractivity contribution in [2.75, 3.05) is 21.2 Å². The fourth-order valence-electron chi connectivity index (χ4n) is 5.76. The van der Waals surface area contributed by atoms with E-state index in [4.69, 9.17) is 14.7 Å². The first kappa shape index (κ1) is 34.1. The van der Waals surface area contributed by atoms with Gasteiger partial charge in [-0.3, -0.25) is 4.99 Å². The number of aryl methyl sites for hydroxylation is 2. The molecule has 240 valence electrons. The van der Waals surface area contributed by atoms with Gasteiger partial charge in [-0.1, -0.05) is 89.7 Å². The number of aliphatic imine (C=N–C) groups is 3. The van der Waals surface area contributed by atoms with Gasteiger partial charge < -0.3 is 9.64 Å². The highest BCUT2D eigenvalue weighted by atomic mass is 16.5. The van der Waals surface area contributed by atoms with E-state index < -0.39 is 0 Å². The van der Waals surface area contributed by atoms with Crippen LogP contribution in [0.3, 0.4) is 0 Å². The highest BCUT2D eigenvalue weighted by Crippen LogP contribution is 2.36. The summed E-state index contributed by atoms with van der Waals surface area (Å²) in [7, 11) is 9.35. The summed E-state index contributed by atoms with van der Waals surface area (Å²) < 4.78 is 9.64. The van der Waals surface area contributed by atoms with Crippen LogP contribution in [0.15, 0.2) is 113 Å². The molecule has 0 spiro atoms. The molecule has 0 aliphatic rings. The van der Waals surface area contributed by atoms with Crippen molar-refractivity contribution in [1.82, 2.24) is 9.47 Å². The molecule has 7 nitrogen and oxygen atoms in total. The van der Waals surface area contributed by atoms with Crippen molar-refractivity contribution in [2.45, 2.75) is 51.9 Å². The molecule has 0 atom stereocenters. The van der Waals surface area contributed by atoms with Crippen molar-refractivity contribution in [3.63, 3.8) is 0 Å². The van der Waals surface area contributed by atoms with Gasteiger partial charge in [0.1, 0.15) is 18.2 Å². The highest BCUT2D eigenvalue weighted by Gasteiger charge is 2.27. The molecule has 0 saturated heterocycles. The lowest BCUT2D eigenvalue weighted by Gasteiger charge is -2.29. The smallest absolute Gasteiger partial charge is 0.344 e. The number of imidazole rings is 1. The van der Waals surface area contributed by atoms with Gasteiger partial charge in [-0.25, -0.2) is 19.1 Å². The zero-order valence-electron chi connectivity index (χ0n) is 29.2. The monoisotopic (exact) mass is 617 g/mol. The quantitative estimate of drug-likeness (QED) is 0.104. The summed E-state index contributed by atoms with van der Waals surface area (Å²) in [6, 6.07) is 26.0. The van der Waals surface area contributed by atoms with E-state index in [0.29, 0.717) is 5.90 Å². The van der Waals surface area contributed by atoms with Gasteiger partial charge in [0.25, 0.3) is 0 Å². The Morgan fingerprint density at radius 2 is 1.28 bits per heavy atom. The van der Waals surface area contributed by atoms with Gasteiger partial charge in [0.15, 0.2) is 0 Å². The normalized spacial score (nSPS) is 13.1. The Balaban J connectivity index is 1.53. The summed E-state index contributed by atoms with van der Waals surface area (Å²) in [6.45, 7) is 15.0. The van der Waals surface area contributed by atoms with Crippen LogP contribution >= 0.6 is 0 Å². The Hall–Kier alpha value is -4.78. The first-order chi connectivity index (χ1) is 21.9. The molecule has 46 heavy (non-hydrogen) atoms. The number of methoxy groups -OCH3 is 1. The highest BCUT2D eigenvalue weighted by molar-refractivity contribution is 6.41. The van der Waals surface area contributed by atoms with Crippen LogP contribution < -0.4 is 4.57 Å². The standard InChI is InChI=1S/C39H49N6O/c1-12-34(35(40-7)43(8)13-2)41-32-22-18-30(19-23-32)38(3,4)28-14-16-29(17-15-28)39(5,6)31-20-24-33(25-21-31)42-36(46-11)37-44(9)26-27-45(37)10/h13-27H,2,12H2,1,3-11H3/q+1/b40-35+,41-34+,42-36-. The zero-order chi connectivity index (χ0) is 33.6. The van der Waals surface area contributed by atoms with Gasteiger partial charge in [0, 0.05) is 24.9 Å². The minimum atomic E-state index is -0.184. The molecule has 0 unspecified atom stereocenters. The van der Waals surface area contributed by atoms with Crippen LogP contribution in [-0.2, 0) is 29.7 Å². The molecular weight excluding hydrogens is 568 g/mol. The zero-order valence-corrected chi connectivity index (χ0v) is 29.2. The third-order valence-corrected chi connectivity index (χ3v) is 8.98. The summed E-state index contributed by atoms with van der Waals surface area (Å²) >= 11 is 0. The molecule has 0 fully saturated rings. The summed E-state index contributed by atoms with van der Waals surface area (Å²) in [5.74, 6) is 2.30. The topological polar surface area (TPSA) is 58.4 Å². The molecule has 0 saturated carbocycles. The Kier molecular flexibility index (Phi) is 10.5. The number of amidine groups is 1. The van der Waals surface area contributed by atoms with Crippen molar-refractivity contribution in [3.05, 3.63) is 126 Å². The van der Waals surface area contributed by atoms with Gasteiger partial charge >= 0.3 is 11.7 Å². The van der Waals surface area contributed by atoms with Gasteiger partial charge in [0.05, 0.1) is 38.3 Å². The van der Waals surface area contributed by atoms with Crippen molar-refractivity contribution in [1.29, 1.82) is 0 Å². The summed E-state index contributed by atoms with van der Waals surface area (Å²) in [5, 5.41) is 0. The number of hydrogen-bond donors (Lipinski definition) is 0. The van der Waals surface area contributed by atoms with Crippen molar-refractivity contribution < 1.29 is 9.30 Å². The molecule has 1 aromatic heterocycles. The molecule has 4 aromatic rings. The maximum absolute atomic E-state index is 5.64. The Morgan fingerprint density at radius 1 is 0.848 bits per heavy atom. The second-order valence-corrected chi connectivity index (χ2v) is 12.6. The van der Waals surface area contributed by atoms with Crippen molar-refractivity contribution in [3.8, 4) is 0 Å².